The molecule has 5 N–H and O–H groups in total. The van der Waals surface area contributed by atoms with Gasteiger partial charge in [0, 0.05) is 88.0 Å². The zero-order valence-electron chi connectivity index (χ0n) is 47.3. The van der Waals surface area contributed by atoms with Crippen molar-refractivity contribution in [2.45, 2.75) is 129 Å². The van der Waals surface area contributed by atoms with Crippen LogP contribution in [0.15, 0.2) is 35.1 Å². The van der Waals surface area contributed by atoms with Crippen LogP contribution in [0.25, 0.3) is 22.3 Å². The fraction of sp³-hybridized carbons (Fsp3) is 0.571. The number of esters is 2. The smallest absolute Gasteiger partial charge is 0.355 e. The SMILES string of the molecule is CCc1c2c(nc3ccccc13)-c1cc3c(c(=O)n1C2)COC(=O)[C@@]3(CC)OC(=O)[C@@H](NC(=O)[C@@H]1CCCN1C(=O)[C@H](CC(N)=O)NC(=O)CN(C)CCN(C)CCN(C)CCNC(=O)CCCC(=O)ON1C(=O)CCC1=O)C(C)C. The van der Waals surface area contributed by atoms with Crippen molar-refractivity contribution in [3.05, 3.63) is 62.9 Å². The van der Waals surface area contributed by atoms with Crippen LogP contribution in [0.2, 0.25) is 0 Å². The molecular formula is C56H75N11O14. The highest BCUT2D eigenvalue weighted by Gasteiger charge is 2.52. The number of hydrogen-bond acceptors (Lipinski definition) is 18. The topological polar surface area (TPSA) is 312 Å². The molecule has 25 nitrogen and oxygen atoms in total. The van der Waals surface area contributed by atoms with Gasteiger partial charge in [-0.2, -0.15) is 0 Å². The zero-order valence-corrected chi connectivity index (χ0v) is 47.3. The summed E-state index contributed by atoms with van der Waals surface area (Å²) in [6.45, 7) is 10.2. The van der Waals surface area contributed by atoms with E-state index in [-0.39, 0.29) is 88.2 Å². The van der Waals surface area contributed by atoms with E-state index in [0.717, 1.165) is 22.0 Å². The molecule has 0 aliphatic carbocycles. The number of ether oxygens (including phenoxy) is 2. The Morgan fingerprint density at radius 3 is 2.22 bits per heavy atom. The summed E-state index contributed by atoms with van der Waals surface area (Å²) < 4.78 is 13.4. The quantitative estimate of drug-likeness (QED) is 0.0463. The van der Waals surface area contributed by atoms with Gasteiger partial charge in [0.25, 0.3) is 17.4 Å². The number of amides is 7. The third-order valence-corrected chi connectivity index (χ3v) is 15.3. The maximum absolute atomic E-state index is 14.4. The molecule has 7 rings (SSSR count). The van der Waals surface area contributed by atoms with Crippen molar-refractivity contribution in [3.8, 4) is 11.4 Å². The van der Waals surface area contributed by atoms with Gasteiger partial charge in [0.05, 0.1) is 42.0 Å². The number of nitrogens with one attached hydrogen (secondary N) is 3. The van der Waals surface area contributed by atoms with E-state index < -0.39 is 95.0 Å². The van der Waals surface area contributed by atoms with Crippen molar-refractivity contribution in [3.63, 3.8) is 0 Å². The summed E-state index contributed by atoms with van der Waals surface area (Å²) in [7, 11) is 5.55. The van der Waals surface area contributed by atoms with E-state index >= 15 is 0 Å². The summed E-state index contributed by atoms with van der Waals surface area (Å²) >= 11 is 0. The van der Waals surface area contributed by atoms with E-state index in [1.165, 1.54) is 4.90 Å². The third-order valence-electron chi connectivity index (χ3n) is 15.3. The molecule has 3 aromatic rings. The monoisotopic (exact) mass is 1130 g/mol. The van der Waals surface area contributed by atoms with E-state index in [4.69, 9.17) is 25.0 Å². The van der Waals surface area contributed by atoms with E-state index in [2.05, 4.69) is 20.9 Å². The minimum atomic E-state index is -2.05. The molecule has 0 spiro atoms. The molecule has 2 saturated heterocycles. The second-order valence-corrected chi connectivity index (χ2v) is 21.6. The fourth-order valence-corrected chi connectivity index (χ4v) is 10.7. The molecule has 0 saturated carbocycles. The largest absolute Gasteiger partial charge is 0.457 e. The van der Waals surface area contributed by atoms with Gasteiger partial charge in [0.15, 0.2) is 0 Å². The van der Waals surface area contributed by atoms with Gasteiger partial charge in [-0.05, 0) is 76.9 Å². The highest BCUT2D eigenvalue weighted by atomic mass is 16.7. The molecule has 0 bridgehead atoms. The summed E-state index contributed by atoms with van der Waals surface area (Å²) in [6.07, 6.45) is 0.771. The average molecular weight is 1130 g/mol. The number of hydrogen-bond donors (Lipinski definition) is 4. The molecule has 81 heavy (non-hydrogen) atoms. The number of rotatable bonds is 27. The number of likely N-dealkylation sites (N-methyl/N-ethyl adjacent to an activating group) is 3. The highest BCUT2D eigenvalue weighted by Crippen LogP contribution is 2.42. The van der Waals surface area contributed by atoms with Crippen LogP contribution < -0.4 is 27.2 Å². The molecule has 4 atom stereocenters. The molecule has 6 heterocycles. The lowest BCUT2D eigenvalue weighted by Gasteiger charge is -2.37. The van der Waals surface area contributed by atoms with Crippen LogP contribution in [-0.4, -0.2) is 185 Å². The van der Waals surface area contributed by atoms with Gasteiger partial charge in [-0.25, -0.2) is 19.4 Å². The van der Waals surface area contributed by atoms with Crippen LogP contribution in [-0.2, 0) is 87.4 Å². The normalized spacial score (nSPS) is 18.2. The number of nitrogens with two attached hydrogens (primary N) is 1. The van der Waals surface area contributed by atoms with Crippen molar-refractivity contribution in [2.24, 2.45) is 11.7 Å². The van der Waals surface area contributed by atoms with Crippen LogP contribution in [0.4, 0.5) is 0 Å². The Hall–Kier alpha value is -7.64. The van der Waals surface area contributed by atoms with Crippen LogP contribution >= 0.6 is 0 Å². The van der Waals surface area contributed by atoms with Gasteiger partial charge in [0.2, 0.25) is 35.1 Å². The van der Waals surface area contributed by atoms with Gasteiger partial charge in [-0.1, -0.05) is 45.9 Å². The second-order valence-electron chi connectivity index (χ2n) is 21.6. The number of aryl methyl sites for hydroxylation is 1. The second kappa shape index (κ2) is 26.8. The lowest BCUT2D eigenvalue weighted by molar-refractivity contribution is -0.197. The third kappa shape index (κ3) is 14.1. The van der Waals surface area contributed by atoms with Crippen molar-refractivity contribution in [1.82, 2.24) is 50.2 Å². The number of imide groups is 1. The molecule has 1 aromatic carbocycles. The van der Waals surface area contributed by atoms with Gasteiger partial charge in [0.1, 0.15) is 24.7 Å². The fourth-order valence-electron chi connectivity index (χ4n) is 10.7. The molecular weight excluding hydrogens is 1050 g/mol. The average Bonchev–Trinajstić information content (AvgIpc) is 4.25. The van der Waals surface area contributed by atoms with E-state index in [1.54, 1.807) is 43.4 Å². The lowest BCUT2D eigenvalue weighted by Crippen LogP contribution is -2.58. The Labute approximate surface area is 469 Å². The summed E-state index contributed by atoms with van der Waals surface area (Å²) in [5.74, 6) is -7.38. The summed E-state index contributed by atoms with van der Waals surface area (Å²) in [5.41, 5.74) is 7.23. The van der Waals surface area contributed by atoms with E-state index in [9.17, 15) is 52.7 Å². The van der Waals surface area contributed by atoms with Gasteiger partial charge < -0.3 is 55.3 Å². The molecule has 7 amide bonds. The van der Waals surface area contributed by atoms with Crippen LogP contribution in [0.3, 0.4) is 0 Å². The first-order valence-electron chi connectivity index (χ1n) is 27.7. The molecule has 438 valence electrons. The number of fused-ring (bicyclic) bond motifs is 5. The standard InChI is InChI=1S/C56H75N11O14/c1-8-34-35-14-10-11-15-39(35)60-50-36(34)30-66-42(50)28-38-37(52(66)75)32-79-55(78)56(38,9-2)80-54(77)49(33(3)4)61-51(74)41-16-13-22-65(41)53(76)40(29-43(57)68)59-45(70)31-64(7)27-26-63(6)25-24-62(5)23-21-58-44(69)17-12-18-48(73)81-67-46(71)19-20-47(67)72/h10-11,14-15,28,33,40-41,49H,8-9,12-13,16-27,29-32H2,1-7H3,(H2,57,68)(H,58,69)(H,59,70)(H,61,74)/t40-,41-,49-,56-/m0/s1. The predicted molar refractivity (Wildman–Crippen MR) is 292 cm³/mol. The number of carbonyl (C=O) groups is 10. The number of likely N-dealkylation sites (tertiary alicyclic amines) is 1. The van der Waals surface area contributed by atoms with E-state index in [1.807, 2.05) is 50.2 Å². The molecule has 4 aliphatic rings. The maximum atomic E-state index is 14.4. The predicted octanol–water partition coefficient (Wildman–Crippen LogP) is 0.374. The number of nitrogens with zero attached hydrogens (tertiary/aromatic N) is 7. The molecule has 0 unspecified atom stereocenters. The Morgan fingerprint density at radius 1 is 0.877 bits per heavy atom. The summed E-state index contributed by atoms with van der Waals surface area (Å²) in [5, 5.41) is 9.66. The van der Waals surface area contributed by atoms with Gasteiger partial charge in [-0.15, -0.1) is 5.06 Å². The number of hydroxylamine groups is 2. The Balaban J connectivity index is 0.892. The van der Waals surface area contributed by atoms with Crippen LogP contribution in [0.1, 0.15) is 108 Å². The first kappa shape index (κ1) is 61.0. The van der Waals surface area contributed by atoms with Gasteiger partial charge >= 0.3 is 17.9 Å². The Bertz CT molecular complexity index is 3000. The molecule has 2 aromatic heterocycles. The van der Waals surface area contributed by atoms with Crippen molar-refractivity contribution in [1.29, 1.82) is 0 Å². The minimum absolute atomic E-state index is 0.00205. The summed E-state index contributed by atoms with van der Waals surface area (Å²) in [4.78, 5) is 161. The van der Waals surface area contributed by atoms with E-state index in [0.29, 0.717) is 68.6 Å². The number of cyclic esters (lactones) is 1. The Morgan fingerprint density at radius 2 is 1.56 bits per heavy atom. The van der Waals surface area contributed by atoms with Crippen molar-refractivity contribution < 1.29 is 62.3 Å². The molecule has 2 fully saturated rings. The molecule has 0 radical (unpaired) electrons. The highest BCUT2D eigenvalue weighted by molar-refractivity contribution is 6.02. The number of carbonyl (C=O) groups excluding carboxylic acids is 10. The Kier molecular flexibility index (Phi) is 20.1. The zero-order chi connectivity index (χ0) is 58.9. The first-order valence-corrected chi connectivity index (χ1v) is 27.7. The number of primary amides is 1. The van der Waals surface area contributed by atoms with Gasteiger partial charge in [-0.3, -0.25) is 43.3 Å². The lowest BCUT2D eigenvalue weighted by atomic mass is 9.85. The van der Waals surface area contributed by atoms with Crippen molar-refractivity contribution in [2.75, 3.05) is 73.5 Å². The number of benzene rings is 1. The number of aromatic nitrogens is 2. The number of pyridine rings is 2. The number of para-hydroxylation sites is 1. The summed E-state index contributed by atoms with van der Waals surface area (Å²) in [6, 6.07) is 5.59. The first-order chi connectivity index (χ1) is 38.6. The van der Waals surface area contributed by atoms with Crippen LogP contribution in [0, 0.1) is 5.92 Å². The van der Waals surface area contributed by atoms with Crippen LogP contribution in [0.5, 0.6) is 0 Å². The molecule has 25 heteroatoms. The minimum Gasteiger partial charge on any atom is -0.457 e. The molecule has 4 aliphatic heterocycles. The maximum Gasteiger partial charge on any atom is 0.355 e. The van der Waals surface area contributed by atoms with Crippen molar-refractivity contribution >= 4 is 70.2 Å².